The predicted octanol–water partition coefficient (Wildman–Crippen LogP) is 4.31. The molecule has 0 fully saturated rings. The number of para-hydroxylation sites is 1. The molecule has 0 radical (unpaired) electrons. The van der Waals surface area contributed by atoms with E-state index in [0.29, 0.717) is 16.9 Å². The van der Waals surface area contributed by atoms with Crippen LogP contribution in [0.15, 0.2) is 64.4 Å². The Morgan fingerprint density at radius 2 is 1.97 bits per heavy atom. The lowest BCUT2D eigenvalue weighted by molar-refractivity contribution is 0.0556. The average Bonchev–Trinajstić information content (AvgIpc) is 3.37. The van der Waals surface area contributed by atoms with Crippen molar-refractivity contribution in [1.29, 1.82) is 0 Å². The fourth-order valence-corrected chi connectivity index (χ4v) is 3.13. The quantitative estimate of drug-likeness (QED) is 0.302. The van der Waals surface area contributed by atoms with Gasteiger partial charge in [0, 0.05) is 17.1 Å². The Kier molecular flexibility index (Phi) is 5.59. The first kappa shape index (κ1) is 18.8. The van der Waals surface area contributed by atoms with E-state index < -0.39 is 11.8 Å². The number of carbonyl (C=O) groups is 1. The number of fused-ring (bicyclic) bond motifs is 1. The van der Waals surface area contributed by atoms with Crippen LogP contribution in [0.1, 0.15) is 10.4 Å². The number of halogens is 1. The first-order valence-electron chi connectivity index (χ1n) is 8.62. The van der Waals surface area contributed by atoms with Crippen molar-refractivity contribution in [3.8, 4) is 23.3 Å². The summed E-state index contributed by atoms with van der Waals surface area (Å²) >= 11 is 1.29. The van der Waals surface area contributed by atoms with Crippen molar-refractivity contribution in [2.75, 3.05) is 12.4 Å². The second kappa shape index (κ2) is 8.63. The lowest BCUT2D eigenvalue weighted by Gasteiger charge is -2.00. The smallest absolute Gasteiger partial charge is 0.339 e. The normalized spacial score (nSPS) is 10.5. The van der Waals surface area contributed by atoms with E-state index in [1.54, 1.807) is 0 Å². The molecule has 0 bridgehead atoms. The molecule has 0 aliphatic rings. The summed E-state index contributed by atoms with van der Waals surface area (Å²) in [6.07, 6.45) is 1.84. The number of nitrogens with one attached hydrogen (secondary N) is 1. The zero-order valence-electron chi connectivity index (χ0n) is 15.0. The Balaban J connectivity index is 1.28. The highest BCUT2D eigenvalue weighted by atomic mass is 32.2. The molecule has 144 valence electrons. The SMILES string of the molecule is O=C(OCC#CCSc1nnc(-c2c[nH]c3ccccc23)o1)c1ccc(F)cc1. The van der Waals surface area contributed by atoms with E-state index in [-0.39, 0.29) is 12.2 Å². The van der Waals surface area contributed by atoms with E-state index in [2.05, 4.69) is 27.0 Å². The van der Waals surface area contributed by atoms with Crippen molar-refractivity contribution in [2.24, 2.45) is 0 Å². The van der Waals surface area contributed by atoms with Gasteiger partial charge in [0.2, 0.25) is 0 Å². The maximum Gasteiger partial charge on any atom is 0.339 e. The van der Waals surface area contributed by atoms with Crippen LogP contribution in [-0.2, 0) is 4.74 Å². The van der Waals surface area contributed by atoms with Crippen LogP contribution in [0.5, 0.6) is 0 Å². The van der Waals surface area contributed by atoms with Crippen LogP contribution in [0.2, 0.25) is 0 Å². The summed E-state index contributed by atoms with van der Waals surface area (Å²) in [7, 11) is 0. The molecule has 2 aromatic carbocycles. The van der Waals surface area contributed by atoms with Crippen LogP contribution in [0.25, 0.3) is 22.4 Å². The number of hydrogen-bond acceptors (Lipinski definition) is 6. The van der Waals surface area contributed by atoms with Gasteiger partial charge in [0.05, 0.1) is 16.9 Å². The first-order valence-corrected chi connectivity index (χ1v) is 9.60. The molecule has 6 nitrogen and oxygen atoms in total. The van der Waals surface area contributed by atoms with E-state index in [0.717, 1.165) is 16.5 Å². The molecule has 0 amide bonds. The molecule has 0 saturated heterocycles. The van der Waals surface area contributed by atoms with Crippen molar-refractivity contribution in [3.05, 3.63) is 66.1 Å². The maximum atomic E-state index is 12.8. The van der Waals surface area contributed by atoms with Gasteiger partial charge in [-0.2, -0.15) is 0 Å². The Labute approximate surface area is 169 Å². The predicted molar refractivity (Wildman–Crippen MR) is 107 cm³/mol. The van der Waals surface area contributed by atoms with Gasteiger partial charge in [-0.15, -0.1) is 10.2 Å². The van der Waals surface area contributed by atoms with Gasteiger partial charge in [-0.05, 0) is 30.3 Å². The van der Waals surface area contributed by atoms with Crippen LogP contribution in [0.3, 0.4) is 0 Å². The maximum absolute atomic E-state index is 12.8. The third-order valence-electron chi connectivity index (χ3n) is 3.97. The van der Waals surface area contributed by atoms with Crippen molar-refractivity contribution >= 4 is 28.6 Å². The van der Waals surface area contributed by atoms with Gasteiger partial charge in [0.15, 0.2) is 6.61 Å². The lowest BCUT2D eigenvalue weighted by atomic mass is 10.2. The summed E-state index contributed by atoms with van der Waals surface area (Å²) in [6.45, 7) is -0.0544. The van der Waals surface area contributed by atoms with Crippen molar-refractivity contribution < 1.29 is 18.3 Å². The number of ether oxygens (including phenoxy) is 1. The second-order valence-corrected chi connectivity index (χ2v) is 6.77. The molecule has 4 aromatic rings. The molecule has 2 aromatic heterocycles. The van der Waals surface area contributed by atoms with Gasteiger partial charge >= 0.3 is 5.97 Å². The fraction of sp³-hybridized carbons (Fsp3) is 0.0952. The second-order valence-electron chi connectivity index (χ2n) is 5.85. The molecule has 0 saturated carbocycles. The largest absolute Gasteiger partial charge is 0.449 e. The van der Waals surface area contributed by atoms with E-state index in [1.165, 1.54) is 36.0 Å². The number of nitrogens with zero attached hydrogens (tertiary/aromatic N) is 2. The molecule has 2 heterocycles. The van der Waals surface area contributed by atoms with Crippen LogP contribution in [-0.4, -0.2) is 33.5 Å². The zero-order valence-corrected chi connectivity index (χ0v) is 15.8. The molecule has 0 aliphatic heterocycles. The Morgan fingerprint density at radius 3 is 2.83 bits per heavy atom. The topological polar surface area (TPSA) is 81.0 Å². The van der Waals surface area contributed by atoms with Crippen molar-refractivity contribution in [3.63, 3.8) is 0 Å². The third kappa shape index (κ3) is 4.47. The van der Waals surface area contributed by atoms with Crippen molar-refractivity contribution in [2.45, 2.75) is 5.22 Å². The molecule has 0 aliphatic carbocycles. The van der Waals surface area contributed by atoms with Gasteiger partial charge in [-0.1, -0.05) is 41.8 Å². The van der Waals surface area contributed by atoms with Gasteiger partial charge in [0.25, 0.3) is 11.1 Å². The number of aromatic amines is 1. The number of hydrogen-bond donors (Lipinski definition) is 1. The minimum Gasteiger partial charge on any atom is -0.449 e. The highest BCUT2D eigenvalue weighted by molar-refractivity contribution is 7.99. The number of benzene rings is 2. The summed E-state index contributed by atoms with van der Waals surface area (Å²) in [6, 6.07) is 13.0. The molecule has 0 unspecified atom stereocenters. The number of rotatable bonds is 5. The Bertz CT molecular complexity index is 1210. The summed E-state index contributed by atoms with van der Waals surface area (Å²) in [5.74, 6) is 5.49. The minimum atomic E-state index is -0.549. The Morgan fingerprint density at radius 1 is 1.14 bits per heavy atom. The molecular formula is C21H14FN3O3S. The minimum absolute atomic E-state index is 0.0544. The Hall–Kier alpha value is -3.57. The first-order chi connectivity index (χ1) is 14.2. The van der Waals surface area contributed by atoms with E-state index in [4.69, 9.17) is 9.15 Å². The molecule has 29 heavy (non-hydrogen) atoms. The number of thioether (sulfide) groups is 1. The summed E-state index contributed by atoms with van der Waals surface area (Å²) in [4.78, 5) is 14.9. The van der Waals surface area contributed by atoms with E-state index >= 15 is 0 Å². The molecule has 0 spiro atoms. The number of carbonyl (C=O) groups excluding carboxylic acids is 1. The molecule has 1 N–H and O–H groups in total. The van der Waals surface area contributed by atoms with Gasteiger partial charge in [-0.25, -0.2) is 9.18 Å². The highest BCUT2D eigenvalue weighted by Crippen LogP contribution is 2.29. The van der Waals surface area contributed by atoms with E-state index in [9.17, 15) is 9.18 Å². The number of aromatic nitrogens is 3. The monoisotopic (exact) mass is 407 g/mol. The summed E-state index contributed by atoms with van der Waals surface area (Å²) < 4.78 is 23.5. The van der Waals surface area contributed by atoms with Gasteiger partial charge in [0.1, 0.15) is 5.82 Å². The number of H-pyrrole nitrogens is 1. The number of esters is 1. The molecule has 8 heteroatoms. The van der Waals surface area contributed by atoms with Gasteiger partial charge < -0.3 is 14.1 Å². The molecular weight excluding hydrogens is 393 g/mol. The fourth-order valence-electron chi connectivity index (χ4n) is 2.60. The molecule has 4 rings (SSSR count). The lowest BCUT2D eigenvalue weighted by Crippen LogP contribution is -2.05. The van der Waals surface area contributed by atoms with Crippen LogP contribution < -0.4 is 0 Å². The van der Waals surface area contributed by atoms with Crippen LogP contribution in [0, 0.1) is 17.7 Å². The van der Waals surface area contributed by atoms with E-state index in [1.807, 2.05) is 30.5 Å². The molecule has 0 atom stereocenters. The third-order valence-corrected chi connectivity index (χ3v) is 4.67. The zero-order chi connectivity index (χ0) is 20.1. The average molecular weight is 407 g/mol. The highest BCUT2D eigenvalue weighted by Gasteiger charge is 2.13. The van der Waals surface area contributed by atoms with Crippen molar-refractivity contribution in [1.82, 2.24) is 15.2 Å². The summed E-state index contributed by atoms with van der Waals surface area (Å²) in [5, 5.41) is 9.52. The van der Waals surface area contributed by atoms with Gasteiger partial charge in [-0.3, -0.25) is 0 Å². The standard InChI is InChI=1S/C21H14FN3O3S/c22-15-9-7-14(8-10-15)20(26)27-11-3-4-12-29-21-25-24-19(28-21)17-13-23-18-6-2-1-5-16(17)18/h1-2,5-10,13,23H,11-12H2. The summed E-state index contributed by atoms with van der Waals surface area (Å²) in [5.41, 5.74) is 2.12. The van der Waals surface area contributed by atoms with Crippen LogP contribution >= 0.6 is 11.8 Å². The van der Waals surface area contributed by atoms with Crippen LogP contribution in [0.4, 0.5) is 4.39 Å².